The Labute approximate surface area is 289 Å². The molecule has 2 N–H and O–H groups in total. The zero-order valence-corrected chi connectivity index (χ0v) is 30.4. The zero-order valence-electron chi connectivity index (χ0n) is 30.4. The number of hydrogen-bond acceptors (Lipinski definition) is 13. The van der Waals surface area contributed by atoms with Crippen LogP contribution in [0.4, 0.5) is 0 Å². The van der Waals surface area contributed by atoms with E-state index in [-0.39, 0.29) is 44.1 Å². The standard InChI is InChI=1S/C36H58O13/c1-20-27(43-19-41-8)28-29(49-32(4,5)48-28)30(45-20)46-22-13-25-35(17-44-31(2,3)47-25)26-23(10-11-34(35,38)14-22)36(39)12-9-21(16-37)33(36,6)15-24(26)42-18-40-7/h16,20-30,38-39H,9-15,17-19H2,1-8H3/t20-,21+,22-,23?,24-,25+,26?,27-,28+,29+,30-,33+,34-,35+,36-/m0/s1. The van der Waals surface area contributed by atoms with Crippen molar-refractivity contribution in [3.8, 4) is 0 Å². The van der Waals surface area contributed by atoms with Crippen LogP contribution in [0.5, 0.6) is 0 Å². The summed E-state index contributed by atoms with van der Waals surface area (Å²) >= 11 is 0. The van der Waals surface area contributed by atoms with Gasteiger partial charge in [0.05, 0.1) is 47.6 Å². The second-order valence-corrected chi connectivity index (χ2v) is 17.0. The fourth-order valence-corrected chi connectivity index (χ4v) is 11.5. The van der Waals surface area contributed by atoms with E-state index in [0.29, 0.717) is 44.9 Å². The van der Waals surface area contributed by atoms with E-state index >= 15 is 0 Å². The first kappa shape index (κ1) is 36.5. The van der Waals surface area contributed by atoms with Crippen molar-refractivity contribution in [3.05, 3.63) is 0 Å². The number of aliphatic hydroxyl groups is 2. The van der Waals surface area contributed by atoms with Crippen molar-refractivity contribution in [1.29, 1.82) is 0 Å². The minimum absolute atomic E-state index is 0.0551. The largest absolute Gasteiger partial charge is 0.389 e. The molecule has 13 heteroatoms. The lowest BCUT2D eigenvalue weighted by atomic mass is 9.40. The third-order valence-electron chi connectivity index (χ3n) is 13.6. The van der Waals surface area contributed by atoms with Crippen LogP contribution >= 0.6 is 0 Å². The molecule has 0 radical (unpaired) electrons. The fraction of sp³-hybridized carbons (Fsp3) is 0.972. The second kappa shape index (κ2) is 12.7. The highest BCUT2D eigenvalue weighted by atomic mass is 16.8. The minimum Gasteiger partial charge on any atom is -0.389 e. The van der Waals surface area contributed by atoms with Gasteiger partial charge in [0.25, 0.3) is 0 Å². The molecule has 13 nitrogen and oxygen atoms in total. The molecule has 0 amide bonds. The van der Waals surface area contributed by atoms with Crippen LogP contribution < -0.4 is 0 Å². The third kappa shape index (κ3) is 5.60. The Hall–Kier alpha value is -0.810. The van der Waals surface area contributed by atoms with E-state index in [0.717, 1.165) is 6.29 Å². The molecule has 3 aliphatic heterocycles. The summed E-state index contributed by atoms with van der Waals surface area (Å²) in [5.74, 6) is -2.64. The van der Waals surface area contributed by atoms with Crippen molar-refractivity contribution < 1.29 is 62.4 Å². The molecule has 3 heterocycles. The second-order valence-electron chi connectivity index (χ2n) is 17.0. The van der Waals surface area contributed by atoms with Crippen molar-refractivity contribution in [3.63, 3.8) is 0 Å². The molecule has 1 spiro atoms. The van der Waals surface area contributed by atoms with Gasteiger partial charge in [-0.1, -0.05) is 6.92 Å². The number of methoxy groups -OCH3 is 2. The number of fused-ring (bicyclic) bond motifs is 4. The molecule has 280 valence electrons. The molecule has 0 aromatic heterocycles. The number of ether oxygens (including phenoxy) is 10. The van der Waals surface area contributed by atoms with Gasteiger partial charge in [0.1, 0.15) is 38.2 Å². The van der Waals surface area contributed by atoms with Crippen LogP contribution in [0.2, 0.25) is 0 Å². The average Bonchev–Trinajstić information content (AvgIpc) is 3.49. The van der Waals surface area contributed by atoms with E-state index in [9.17, 15) is 15.0 Å². The van der Waals surface area contributed by atoms with Crippen LogP contribution in [0.3, 0.4) is 0 Å². The van der Waals surface area contributed by atoms with Gasteiger partial charge in [-0.15, -0.1) is 0 Å². The Bertz CT molecular complexity index is 1230. The normalized spacial score (nSPS) is 52.7. The number of hydrogen-bond donors (Lipinski definition) is 2. The van der Waals surface area contributed by atoms with E-state index in [1.165, 1.54) is 0 Å². The van der Waals surface area contributed by atoms with Crippen LogP contribution in [-0.4, -0.2) is 123 Å². The van der Waals surface area contributed by atoms with Gasteiger partial charge in [-0.05, 0) is 72.6 Å². The van der Waals surface area contributed by atoms with Crippen LogP contribution in [-0.2, 0) is 52.2 Å². The van der Waals surface area contributed by atoms with Crippen molar-refractivity contribution in [2.75, 3.05) is 34.4 Å². The summed E-state index contributed by atoms with van der Waals surface area (Å²) in [5, 5.41) is 25.8. The summed E-state index contributed by atoms with van der Waals surface area (Å²) in [7, 11) is 3.16. The van der Waals surface area contributed by atoms with Gasteiger partial charge in [0, 0.05) is 44.3 Å². The summed E-state index contributed by atoms with van der Waals surface area (Å²) in [6.45, 7) is 11.8. The summed E-state index contributed by atoms with van der Waals surface area (Å²) in [4.78, 5) is 12.3. The highest BCUT2D eigenvalue weighted by molar-refractivity contribution is 5.57. The van der Waals surface area contributed by atoms with Crippen LogP contribution in [0.25, 0.3) is 0 Å². The smallest absolute Gasteiger partial charge is 0.187 e. The van der Waals surface area contributed by atoms with E-state index in [1.54, 1.807) is 14.2 Å². The average molecular weight is 699 g/mol. The maximum atomic E-state index is 13.1. The highest BCUT2D eigenvalue weighted by Crippen LogP contribution is 2.71. The van der Waals surface area contributed by atoms with Crippen LogP contribution in [0.1, 0.15) is 86.5 Å². The lowest BCUT2D eigenvalue weighted by molar-refractivity contribution is -0.410. The van der Waals surface area contributed by atoms with Crippen molar-refractivity contribution in [2.24, 2.45) is 28.6 Å². The van der Waals surface area contributed by atoms with Crippen molar-refractivity contribution in [2.45, 2.75) is 158 Å². The van der Waals surface area contributed by atoms with E-state index in [4.69, 9.17) is 47.4 Å². The molecule has 4 aliphatic carbocycles. The molecule has 2 unspecified atom stereocenters. The molecule has 0 bridgehead atoms. The predicted octanol–water partition coefficient (Wildman–Crippen LogP) is 3.05. The maximum Gasteiger partial charge on any atom is 0.187 e. The summed E-state index contributed by atoms with van der Waals surface area (Å²) < 4.78 is 62.3. The first-order valence-corrected chi connectivity index (χ1v) is 18.2. The van der Waals surface area contributed by atoms with Gasteiger partial charge in [0.15, 0.2) is 17.9 Å². The van der Waals surface area contributed by atoms with Crippen LogP contribution in [0.15, 0.2) is 0 Å². The summed E-state index contributed by atoms with van der Waals surface area (Å²) in [5.41, 5.74) is -3.97. The Balaban J connectivity index is 1.22. The molecular weight excluding hydrogens is 640 g/mol. The van der Waals surface area contributed by atoms with E-state index in [1.807, 2.05) is 41.5 Å². The van der Waals surface area contributed by atoms with Gasteiger partial charge in [-0.2, -0.15) is 0 Å². The molecule has 15 atom stereocenters. The Morgan fingerprint density at radius 1 is 0.878 bits per heavy atom. The number of aldehydes is 1. The fourth-order valence-electron chi connectivity index (χ4n) is 11.5. The van der Waals surface area contributed by atoms with Crippen molar-refractivity contribution in [1.82, 2.24) is 0 Å². The lowest BCUT2D eigenvalue weighted by Gasteiger charge is -2.71. The third-order valence-corrected chi connectivity index (χ3v) is 13.6. The van der Waals surface area contributed by atoms with Crippen LogP contribution in [0, 0.1) is 28.6 Å². The zero-order chi connectivity index (χ0) is 35.2. The molecule has 7 rings (SSSR count). The monoisotopic (exact) mass is 698 g/mol. The van der Waals surface area contributed by atoms with Gasteiger partial charge >= 0.3 is 0 Å². The maximum absolute atomic E-state index is 13.1. The first-order chi connectivity index (χ1) is 23.1. The van der Waals surface area contributed by atoms with Gasteiger partial charge in [-0.3, -0.25) is 0 Å². The molecule has 4 saturated carbocycles. The number of carbonyl (C=O) groups is 1. The molecular formula is C36H58O13. The predicted molar refractivity (Wildman–Crippen MR) is 171 cm³/mol. The number of rotatable bonds is 9. The van der Waals surface area contributed by atoms with Gasteiger partial charge < -0.3 is 62.4 Å². The topological polar surface area (TPSA) is 150 Å². The quantitative estimate of drug-likeness (QED) is 0.207. The summed E-state index contributed by atoms with van der Waals surface area (Å²) in [6, 6.07) is 0. The molecule has 7 aliphatic rings. The Morgan fingerprint density at radius 2 is 1.59 bits per heavy atom. The van der Waals surface area contributed by atoms with Gasteiger partial charge in [-0.25, -0.2) is 0 Å². The first-order valence-electron chi connectivity index (χ1n) is 18.2. The minimum atomic E-state index is -1.28. The van der Waals surface area contributed by atoms with Gasteiger partial charge in [0.2, 0.25) is 0 Å². The van der Waals surface area contributed by atoms with E-state index < -0.39 is 76.5 Å². The Morgan fingerprint density at radius 3 is 2.31 bits per heavy atom. The molecule has 7 fully saturated rings. The van der Waals surface area contributed by atoms with Crippen molar-refractivity contribution >= 4 is 6.29 Å². The Kier molecular flexibility index (Phi) is 9.44. The molecule has 0 aromatic carbocycles. The molecule has 49 heavy (non-hydrogen) atoms. The lowest BCUT2D eigenvalue weighted by Crippen LogP contribution is -2.78. The molecule has 0 aromatic rings. The number of carbonyl (C=O) groups excluding carboxylic acids is 1. The van der Waals surface area contributed by atoms with E-state index in [2.05, 4.69) is 0 Å². The SMILES string of the molecule is COCO[C@@H]1[C@H]2OC(C)(C)O[C@H]2[C@H](O[C@H]2C[C@H]3OC(C)(C)OC[C@]34C3C(CC[C@]4(O)C2)[C@@]2(O)CC[C@H](C=O)[C@@]2(C)C[C@@H]3OCOC)O[C@H]1C. The molecule has 3 saturated heterocycles. The summed E-state index contributed by atoms with van der Waals surface area (Å²) in [6.07, 6.45) is 0.401. The highest BCUT2D eigenvalue weighted by Gasteiger charge is 2.77.